The smallest absolute Gasteiger partial charge is 0.0435 e. The molecule has 2 nitrogen and oxygen atoms in total. The van der Waals surface area contributed by atoms with Gasteiger partial charge >= 0.3 is 0 Å². The Balaban J connectivity index is 2.39. The highest BCUT2D eigenvalue weighted by molar-refractivity contribution is 5.30. The van der Waals surface area contributed by atoms with E-state index in [4.69, 9.17) is 5.73 Å². The van der Waals surface area contributed by atoms with Gasteiger partial charge in [-0.2, -0.15) is 0 Å². The zero-order chi connectivity index (χ0) is 12.7. The van der Waals surface area contributed by atoms with E-state index >= 15 is 0 Å². The van der Waals surface area contributed by atoms with E-state index in [1.165, 1.54) is 17.5 Å². The predicted octanol–water partition coefficient (Wildman–Crippen LogP) is 3.39. The van der Waals surface area contributed by atoms with E-state index in [0.717, 1.165) is 12.8 Å². The maximum Gasteiger partial charge on any atom is 0.0435 e. The Bertz CT molecular complexity index is 411. The van der Waals surface area contributed by atoms with Crippen molar-refractivity contribution in [3.05, 3.63) is 29.6 Å². The molecule has 94 valence electrons. The number of hydrogen-bond acceptors (Lipinski definition) is 2. The molecule has 2 unspecified atom stereocenters. The number of pyridine rings is 1. The van der Waals surface area contributed by atoms with E-state index in [-0.39, 0.29) is 5.54 Å². The van der Waals surface area contributed by atoms with Gasteiger partial charge in [0.15, 0.2) is 0 Å². The molecule has 1 aromatic rings. The molecule has 1 heterocycles. The summed E-state index contributed by atoms with van der Waals surface area (Å²) in [6, 6.07) is 2.07. The molecule has 0 radical (unpaired) electrons. The number of nitrogens with zero attached hydrogens (tertiary/aromatic N) is 1. The summed E-state index contributed by atoms with van der Waals surface area (Å²) in [5.41, 5.74) is 9.35. The van der Waals surface area contributed by atoms with Crippen molar-refractivity contribution >= 4 is 0 Å². The molecule has 2 rings (SSSR count). The number of aryl methyl sites for hydroxylation is 1. The van der Waals surface area contributed by atoms with Gasteiger partial charge in [-0.25, -0.2) is 0 Å². The van der Waals surface area contributed by atoms with Gasteiger partial charge in [-0.3, -0.25) is 4.98 Å². The minimum absolute atomic E-state index is 0.195. The Morgan fingerprint density at radius 3 is 2.65 bits per heavy atom. The molecule has 17 heavy (non-hydrogen) atoms. The summed E-state index contributed by atoms with van der Waals surface area (Å²) in [7, 11) is 0. The second-order valence-electron chi connectivity index (χ2n) is 6.70. The van der Waals surface area contributed by atoms with Crippen LogP contribution in [0.2, 0.25) is 0 Å². The molecular weight excluding hydrogens is 208 g/mol. The highest BCUT2D eigenvalue weighted by Crippen LogP contribution is 2.47. The first-order valence-electron chi connectivity index (χ1n) is 6.52. The van der Waals surface area contributed by atoms with Crippen molar-refractivity contribution in [3.63, 3.8) is 0 Å². The summed E-state index contributed by atoms with van der Waals surface area (Å²) in [6.07, 6.45) is 7.20. The molecule has 0 bridgehead atoms. The number of nitrogens with two attached hydrogens (primary N) is 1. The molecule has 2 atom stereocenters. The van der Waals surface area contributed by atoms with E-state index in [0.29, 0.717) is 11.3 Å². The SMILES string of the molecule is Cc1ccncc1C1(N)CC(C)CC(C)(C)C1. The molecule has 2 N–H and O–H groups in total. The number of aromatic nitrogens is 1. The lowest BCUT2D eigenvalue weighted by molar-refractivity contribution is 0.107. The molecule has 0 spiro atoms. The Kier molecular flexibility index (Phi) is 3.03. The fourth-order valence-electron chi connectivity index (χ4n) is 3.83. The maximum absolute atomic E-state index is 6.71. The summed E-state index contributed by atoms with van der Waals surface area (Å²) in [4.78, 5) is 4.26. The summed E-state index contributed by atoms with van der Waals surface area (Å²) in [5.74, 6) is 0.684. The highest BCUT2D eigenvalue weighted by Gasteiger charge is 2.41. The summed E-state index contributed by atoms with van der Waals surface area (Å²) in [6.45, 7) is 9.11. The van der Waals surface area contributed by atoms with Crippen LogP contribution >= 0.6 is 0 Å². The van der Waals surface area contributed by atoms with E-state index in [2.05, 4.69) is 38.7 Å². The van der Waals surface area contributed by atoms with E-state index in [1.54, 1.807) is 0 Å². The van der Waals surface area contributed by atoms with Crippen molar-refractivity contribution in [1.29, 1.82) is 0 Å². The van der Waals surface area contributed by atoms with Crippen molar-refractivity contribution in [2.45, 2.75) is 52.5 Å². The van der Waals surface area contributed by atoms with Gasteiger partial charge in [-0.15, -0.1) is 0 Å². The minimum Gasteiger partial charge on any atom is -0.321 e. The number of rotatable bonds is 1. The fraction of sp³-hybridized carbons (Fsp3) is 0.667. The Labute approximate surface area is 105 Å². The Morgan fingerprint density at radius 1 is 1.35 bits per heavy atom. The van der Waals surface area contributed by atoms with Gasteiger partial charge in [0.1, 0.15) is 0 Å². The largest absolute Gasteiger partial charge is 0.321 e. The second-order valence-corrected chi connectivity index (χ2v) is 6.70. The van der Waals surface area contributed by atoms with Crippen LogP contribution in [0.15, 0.2) is 18.5 Å². The highest BCUT2D eigenvalue weighted by atomic mass is 14.8. The molecule has 0 saturated heterocycles. The lowest BCUT2D eigenvalue weighted by Crippen LogP contribution is -2.47. The third-order valence-corrected chi connectivity index (χ3v) is 3.98. The third kappa shape index (κ3) is 2.52. The summed E-state index contributed by atoms with van der Waals surface area (Å²) >= 11 is 0. The zero-order valence-corrected chi connectivity index (χ0v) is 11.5. The van der Waals surface area contributed by atoms with Crippen molar-refractivity contribution in [3.8, 4) is 0 Å². The van der Waals surface area contributed by atoms with Crippen molar-refractivity contribution < 1.29 is 0 Å². The molecule has 0 aliphatic heterocycles. The first kappa shape index (κ1) is 12.6. The zero-order valence-electron chi connectivity index (χ0n) is 11.5. The van der Waals surface area contributed by atoms with Gasteiger partial charge in [-0.05, 0) is 54.7 Å². The molecule has 0 aromatic carbocycles. The first-order chi connectivity index (χ1) is 7.82. The van der Waals surface area contributed by atoms with Gasteiger partial charge in [0.05, 0.1) is 0 Å². The van der Waals surface area contributed by atoms with Crippen molar-refractivity contribution in [1.82, 2.24) is 4.98 Å². The van der Waals surface area contributed by atoms with E-state index in [1.807, 2.05) is 12.4 Å². The summed E-state index contributed by atoms with van der Waals surface area (Å²) < 4.78 is 0. The molecule has 1 fully saturated rings. The van der Waals surface area contributed by atoms with Gasteiger partial charge in [0, 0.05) is 17.9 Å². The third-order valence-electron chi connectivity index (χ3n) is 3.98. The topological polar surface area (TPSA) is 38.9 Å². The van der Waals surface area contributed by atoms with Crippen LogP contribution in [0.4, 0.5) is 0 Å². The van der Waals surface area contributed by atoms with Crippen molar-refractivity contribution in [2.24, 2.45) is 17.1 Å². The molecule has 1 aliphatic carbocycles. The van der Waals surface area contributed by atoms with Gasteiger partial charge in [0.25, 0.3) is 0 Å². The molecule has 0 amide bonds. The van der Waals surface area contributed by atoms with Crippen LogP contribution in [0, 0.1) is 18.3 Å². The Hall–Kier alpha value is -0.890. The standard InChI is InChI=1S/C15H24N2/c1-11-7-14(3,4)10-15(16,8-11)13-9-17-6-5-12(13)2/h5-6,9,11H,7-8,10,16H2,1-4H3. The van der Waals surface area contributed by atoms with Crippen LogP contribution in [0.1, 0.15) is 51.2 Å². The average Bonchev–Trinajstić information content (AvgIpc) is 2.13. The Morgan fingerprint density at radius 2 is 2.06 bits per heavy atom. The number of hydrogen-bond donors (Lipinski definition) is 1. The predicted molar refractivity (Wildman–Crippen MR) is 71.6 cm³/mol. The van der Waals surface area contributed by atoms with Crippen LogP contribution in [0.3, 0.4) is 0 Å². The van der Waals surface area contributed by atoms with Gasteiger partial charge < -0.3 is 5.73 Å². The quantitative estimate of drug-likeness (QED) is 0.806. The molecule has 1 aromatic heterocycles. The fourth-order valence-corrected chi connectivity index (χ4v) is 3.83. The van der Waals surface area contributed by atoms with Crippen LogP contribution in [-0.2, 0) is 5.54 Å². The maximum atomic E-state index is 6.71. The average molecular weight is 232 g/mol. The second kappa shape index (κ2) is 4.09. The van der Waals surface area contributed by atoms with Crippen LogP contribution in [0.25, 0.3) is 0 Å². The van der Waals surface area contributed by atoms with Gasteiger partial charge in [0.2, 0.25) is 0 Å². The molecule has 1 aliphatic rings. The van der Waals surface area contributed by atoms with E-state index in [9.17, 15) is 0 Å². The lowest BCUT2D eigenvalue weighted by atomic mass is 9.62. The lowest BCUT2D eigenvalue weighted by Gasteiger charge is -2.46. The summed E-state index contributed by atoms with van der Waals surface area (Å²) in [5, 5.41) is 0. The van der Waals surface area contributed by atoms with Crippen molar-refractivity contribution in [2.75, 3.05) is 0 Å². The first-order valence-corrected chi connectivity index (χ1v) is 6.52. The normalized spacial score (nSPS) is 32.4. The minimum atomic E-state index is -0.195. The molecule has 2 heteroatoms. The van der Waals surface area contributed by atoms with Crippen LogP contribution in [-0.4, -0.2) is 4.98 Å². The van der Waals surface area contributed by atoms with E-state index < -0.39 is 0 Å². The molecular formula is C15H24N2. The van der Waals surface area contributed by atoms with Crippen LogP contribution in [0.5, 0.6) is 0 Å². The van der Waals surface area contributed by atoms with Gasteiger partial charge in [-0.1, -0.05) is 20.8 Å². The molecule has 1 saturated carbocycles. The monoisotopic (exact) mass is 232 g/mol. The van der Waals surface area contributed by atoms with Crippen LogP contribution < -0.4 is 5.73 Å².